The Bertz CT molecular complexity index is 589. The molecule has 0 amide bonds. The zero-order chi connectivity index (χ0) is 19.9. The number of rotatable bonds is 10. The molecule has 5 heteroatoms. The van der Waals surface area contributed by atoms with Crippen LogP contribution < -0.4 is 5.73 Å². The van der Waals surface area contributed by atoms with Crippen LogP contribution in [0.2, 0.25) is 0 Å². The highest BCUT2D eigenvalue weighted by Gasteiger charge is 2.34. The van der Waals surface area contributed by atoms with Gasteiger partial charge in [-0.05, 0) is 24.3 Å². The van der Waals surface area contributed by atoms with Crippen LogP contribution in [0.1, 0.15) is 40.0 Å². The number of hydrogen-bond acceptors (Lipinski definition) is 5. The molecule has 1 aliphatic heterocycles. The first-order valence-corrected chi connectivity index (χ1v) is 9.94. The summed E-state index contributed by atoms with van der Waals surface area (Å²) < 4.78 is 0. The molecule has 0 fully saturated rings. The molecule has 0 saturated heterocycles. The van der Waals surface area contributed by atoms with E-state index in [1.807, 2.05) is 18.0 Å². The van der Waals surface area contributed by atoms with Gasteiger partial charge >= 0.3 is 0 Å². The average Bonchev–Trinajstić information content (AvgIpc) is 2.61. The van der Waals surface area contributed by atoms with Gasteiger partial charge in [0.15, 0.2) is 0 Å². The van der Waals surface area contributed by atoms with Gasteiger partial charge in [-0.3, -0.25) is 4.99 Å². The van der Waals surface area contributed by atoms with Gasteiger partial charge in [-0.25, -0.2) is 0 Å². The van der Waals surface area contributed by atoms with Crippen LogP contribution in [0, 0.1) is 5.41 Å². The van der Waals surface area contributed by atoms with E-state index >= 15 is 0 Å². The van der Waals surface area contributed by atoms with E-state index in [9.17, 15) is 0 Å². The molecule has 0 bridgehead atoms. The second-order valence-electron chi connectivity index (χ2n) is 7.66. The van der Waals surface area contributed by atoms with Crippen LogP contribution in [0.5, 0.6) is 0 Å². The fraction of sp³-hybridized carbons (Fsp3) is 0.571. The number of unbranched alkanes of at least 4 members (excludes halogenated alkanes) is 2. The standard InChI is InChI=1S/C21H36N4S/c1-8-10-11-13-25(14-21(4,5)15-26)19-17(12-9-2)16(3)24(7)20(22)18(19)23-6/h9,12,20,26H,2-3,6,8,10-11,13-15,22H2,1,4-5,7H3/b17-12+. The Morgan fingerprint density at radius 1 is 1.38 bits per heavy atom. The number of nitrogens with zero attached hydrogens (tertiary/aromatic N) is 3. The Morgan fingerprint density at radius 2 is 2.04 bits per heavy atom. The third-order valence-corrected chi connectivity index (χ3v) is 5.64. The summed E-state index contributed by atoms with van der Waals surface area (Å²) in [5.41, 5.74) is 10.2. The quantitative estimate of drug-likeness (QED) is 0.341. The molecule has 26 heavy (non-hydrogen) atoms. The van der Waals surface area contributed by atoms with Gasteiger partial charge in [-0.2, -0.15) is 12.6 Å². The van der Waals surface area contributed by atoms with Gasteiger partial charge in [-0.1, -0.05) is 58.9 Å². The van der Waals surface area contributed by atoms with Crippen molar-refractivity contribution in [2.24, 2.45) is 16.1 Å². The van der Waals surface area contributed by atoms with Crippen LogP contribution in [-0.2, 0) is 0 Å². The molecule has 1 atom stereocenters. The van der Waals surface area contributed by atoms with E-state index in [0.717, 1.165) is 47.9 Å². The third-order valence-electron chi connectivity index (χ3n) is 4.78. The fourth-order valence-corrected chi connectivity index (χ4v) is 3.24. The maximum absolute atomic E-state index is 6.44. The first-order valence-electron chi connectivity index (χ1n) is 9.31. The number of nitrogens with two attached hydrogens (primary N) is 1. The van der Waals surface area contributed by atoms with Crippen LogP contribution in [0.4, 0.5) is 0 Å². The lowest BCUT2D eigenvalue weighted by Crippen LogP contribution is -2.47. The minimum Gasteiger partial charge on any atom is -0.369 e. The molecule has 1 heterocycles. The minimum absolute atomic E-state index is 0.0582. The summed E-state index contributed by atoms with van der Waals surface area (Å²) in [6.07, 6.45) is 6.91. The highest BCUT2D eigenvalue weighted by atomic mass is 32.1. The van der Waals surface area contributed by atoms with E-state index in [0.29, 0.717) is 0 Å². The summed E-state index contributed by atoms with van der Waals surface area (Å²) in [4.78, 5) is 8.65. The van der Waals surface area contributed by atoms with Crippen LogP contribution in [-0.4, -0.2) is 48.6 Å². The minimum atomic E-state index is -0.357. The van der Waals surface area contributed by atoms with Crippen molar-refractivity contribution < 1.29 is 0 Å². The lowest BCUT2D eigenvalue weighted by Gasteiger charge is -2.43. The molecule has 4 nitrogen and oxygen atoms in total. The van der Waals surface area contributed by atoms with Crippen LogP contribution in [0.3, 0.4) is 0 Å². The second kappa shape index (κ2) is 10.0. The molecule has 0 aromatic rings. The number of aliphatic imine (C=N–C) groups is 1. The highest BCUT2D eigenvalue weighted by molar-refractivity contribution is 7.80. The van der Waals surface area contributed by atoms with Gasteiger partial charge in [0.05, 0.1) is 5.70 Å². The average molecular weight is 377 g/mol. The third kappa shape index (κ3) is 5.27. The molecule has 146 valence electrons. The van der Waals surface area contributed by atoms with Crippen molar-refractivity contribution >= 4 is 19.3 Å². The van der Waals surface area contributed by atoms with Gasteiger partial charge < -0.3 is 15.5 Å². The normalized spacial score (nSPS) is 19.9. The smallest absolute Gasteiger partial charge is 0.122 e. The van der Waals surface area contributed by atoms with Crippen molar-refractivity contribution in [3.8, 4) is 0 Å². The van der Waals surface area contributed by atoms with Crippen molar-refractivity contribution in [2.75, 3.05) is 25.9 Å². The maximum Gasteiger partial charge on any atom is 0.122 e. The van der Waals surface area contributed by atoms with E-state index in [-0.39, 0.29) is 11.6 Å². The summed E-state index contributed by atoms with van der Waals surface area (Å²) >= 11 is 4.55. The Kier molecular flexibility index (Phi) is 8.71. The molecule has 1 aliphatic rings. The molecule has 0 saturated carbocycles. The van der Waals surface area contributed by atoms with E-state index in [2.05, 4.69) is 63.2 Å². The lowest BCUT2D eigenvalue weighted by atomic mass is 9.92. The van der Waals surface area contributed by atoms with Crippen molar-refractivity contribution in [1.29, 1.82) is 0 Å². The number of hydrogen-bond donors (Lipinski definition) is 2. The Balaban J connectivity index is 3.49. The van der Waals surface area contributed by atoms with Crippen molar-refractivity contribution in [1.82, 2.24) is 9.80 Å². The lowest BCUT2D eigenvalue weighted by molar-refractivity contribution is 0.224. The molecular weight excluding hydrogens is 340 g/mol. The molecule has 1 rings (SSSR count). The van der Waals surface area contributed by atoms with Gasteiger partial charge in [0.2, 0.25) is 0 Å². The fourth-order valence-electron chi connectivity index (χ4n) is 3.14. The van der Waals surface area contributed by atoms with Crippen molar-refractivity contribution in [2.45, 2.75) is 46.2 Å². The number of allylic oxidation sites excluding steroid dienone is 2. The van der Waals surface area contributed by atoms with Gasteiger partial charge in [0, 0.05) is 31.4 Å². The Labute approximate surface area is 165 Å². The molecule has 0 radical (unpaired) electrons. The molecule has 2 N–H and O–H groups in total. The predicted molar refractivity (Wildman–Crippen MR) is 118 cm³/mol. The topological polar surface area (TPSA) is 44.9 Å². The van der Waals surface area contributed by atoms with E-state index < -0.39 is 0 Å². The van der Waals surface area contributed by atoms with E-state index in [1.54, 1.807) is 6.08 Å². The first kappa shape index (κ1) is 22.6. The summed E-state index contributed by atoms with van der Waals surface area (Å²) in [6, 6.07) is 0. The largest absolute Gasteiger partial charge is 0.369 e. The second-order valence-corrected chi connectivity index (χ2v) is 7.98. The van der Waals surface area contributed by atoms with Crippen LogP contribution in [0.25, 0.3) is 0 Å². The Hall–Kier alpha value is -1.46. The van der Waals surface area contributed by atoms with Crippen molar-refractivity contribution in [3.05, 3.63) is 48.0 Å². The summed E-state index contributed by atoms with van der Waals surface area (Å²) in [7, 11) is 1.94. The monoisotopic (exact) mass is 376 g/mol. The molecule has 0 spiro atoms. The molecular formula is C21H36N4S. The zero-order valence-corrected chi connectivity index (χ0v) is 17.9. The van der Waals surface area contributed by atoms with Crippen molar-refractivity contribution in [3.63, 3.8) is 0 Å². The predicted octanol–water partition coefficient (Wildman–Crippen LogP) is 4.20. The summed E-state index contributed by atoms with van der Waals surface area (Å²) in [5, 5.41) is 0. The zero-order valence-electron chi connectivity index (χ0n) is 17.0. The Morgan fingerprint density at radius 3 is 2.54 bits per heavy atom. The van der Waals surface area contributed by atoms with E-state index in [1.165, 1.54) is 12.8 Å². The maximum atomic E-state index is 6.44. The van der Waals surface area contributed by atoms with Gasteiger partial charge in [0.25, 0.3) is 0 Å². The van der Waals surface area contributed by atoms with E-state index in [4.69, 9.17) is 5.73 Å². The van der Waals surface area contributed by atoms with Gasteiger partial charge in [-0.15, -0.1) is 0 Å². The molecule has 0 aromatic carbocycles. The summed E-state index contributed by atoms with van der Waals surface area (Å²) in [5.74, 6) is 0.800. The molecule has 0 aliphatic carbocycles. The number of thiol groups is 1. The van der Waals surface area contributed by atoms with Crippen LogP contribution >= 0.6 is 12.6 Å². The number of likely N-dealkylation sites (N-methyl/N-ethyl adjacent to an activating group) is 1. The molecule has 1 unspecified atom stereocenters. The summed E-state index contributed by atoms with van der Waals surface area (Å²) in [6.45, 7) is 20.4. The highest BCUT2D eigenvalue weighted by Crippen LogP contribution is 2.36. The van der Waals surface area contributed by atoms with Gasteiger partial charge in [0.1, 0.15) is 11.9 Å². The molecule has 0 aromatic heterocycles. The van der Waals surface area contributed by atoms with Crippen LogP contribution in [0.15, 0.2) is 53.0 Å². The first-order chi connectivity index (χ1) is 12.2. The SMILES string of the molecule is C=C/C=C1\C(=C)N(C)C(N)C(N=C)=C1N(CCCCC)CC(C)(C)CS.